The van der Waals surface area contributed by atoms with Crippen LogP contribution in [0.3, 0.4) is 0 Å². The van der Waals surface area contributed by atoms with E-state index in [2.05, 4.69) is 11.9 Å². The van der Waals surface area contributed by atoms with E-state index < -0.39 is 6.10 Å². The van der Waals surface area contributed by atoms with Gasteiger partial charge in [0.15, 0.2) is 0 Å². The molecule has 1 saturated heterocycles. The number of hydrogen-bond donors (Lipinski definition) is 1. The lowest BCUT2D eigenvalue weighted by atomic mass is 10.0. The van der Waals surface area contributed by atoms with Gasteiger partial charge in [-0.05, 0) is 42.9 Å². The maximum atomic E-state index is 12.9. The van der Waals surface area contributed by atoms with Crippen LogP contribution in [0.15, 0.2) is 46.2 Å². The number of pyridine rings is 1. The molecule has 2 atom stereocenters. The Labute approximate surface area is 146 Å². The van der Waals surface area contributed by atoms with Crippen molar-refractivity contribution in [3.63, 3.8) is 0 Å². The van der Waals surface area contributed by atoms with Crippen LogP contribution in [0.1, 0.15) is 48.4 Å². The highest BCUT2D eigenvalue weighted by Crippen LogP contribution is 2.29. The van der Waals surface area contributed by atoms with Gasteiger partial charge in [0.05, 0.1) is 11.3 Å². The first kappa shape index (κ1) is 17.0. The molecular formula is C18H22N2O3S. The van der Waals surface area contributed by atoms with Crippen molar-refractivity contribution >= 4 is 17.7 Å². The zero-order valence-electron chi connectivity index (χ0n) is 13.7. The molecule has 2 unspecified atom stereocenters. The van der Waals surface area contributed by atoms with Crippen LogP contribution >= 0.6 is 11.8 Å². The second-order valence-electron chi connectivity index (χ2n) is 5.88. The predicted molar refractivity (Wildman–Crippen MR) is 93.0 cm³/mol. The van der Waals surface area contributed by atoms with Crippen molar-refractivity contribution in [2.45, 2.75) is 43.4 Å². The molecule has 3 heterocycles. The lowest BCUT2D eigenvalue weighted by Gasteiger charge is -2.26. The second-order valence-corrected chi connectivity index (χ2v) is 7.16. The summed E-state index contributed by atoms with van der Waals surface area (Å²) in [6.07, 6.45) is 4.94. The Kier molecular flexibility index (Phi) is 5.58. The molecule has 1 aliphatic rings. The summed E-state index contributed by atoms with van der Waals surface area (Å²) in [5.74, 6) is 1.50. The molecule has 6 heteroatoms. The third-order valence-corrected chi connectivity index (χ3v) is 5.09. The fourth-order valence-electron chi connectivity index (χ4n) is 3.14. The first-order chi connectivity index (χ1) is 11.7. The van der Waals surface area contributed by atoms with Crippen molar-refractivity contribution in [2.75, 3.05) is 12.3 Å². The van der Waals surface area contributed by atoms with Gasteiger partial charge in [0.2, 0.25) is 0 Å². The van der Waals surface area contributed by atoms with Crippen molar-refractivity contribution in [1.82, 2.24) is 9.88 Å². The quantitative estimate of drug-likeness (QED) is 0.811. The number of aliphatic hydroxyl groups is 1. The zero-order valence-corrected chi connectivity index (χ0v) is 14.5. The number of nitrogens with zero attached hydrogens (tertiary/aromatic N) is 2. The van der Waals surface area contributed by atoms with E-state index in [9.17, 15) is 9.90 Å². The molecular weight excluding hydrogens is 324 g/mol. The number of amides is 1. The van der Waals surface area contributed by atoms with E-state index >= 15 is 0 Å². The Bertz CT molecular complexity index is 675. The molecule has 0 aromatic carbocycles. The Morgan fingerprint density at radius 2 is 2.42 bits per heavy atom. The molecule has 5 nitrogen and oxygen atoms in total. The molecule has 2 aromatic heterocycles. The molecule has 1 amide bonds. The Balaban J connectivity index is 1.70. The fourth-order valence-corrected chi connectivity index (χ4v) is 3.78. The van der Waals surface area contributed by atoms with E-state index in [4.69, 9.17) is 4.42 Å². The van der Waals surface area contributed by atoms with Crippen molar-refractivity contribution in [2.24, 2.45) is 0 Å². The molecule has 3 rings (SSSR count). The molecule has 1 fully saturated rings. The maximum Gasteiger partial charge on any atom is 0.254 e. The monoisotopic (exact) mass is 346 g/mol. The van der Waals surface area contributed by atoms with Gasteiger partial charge in [-0.3, -0.25) is 4.79 Å². The van der Waals surface area contributed by atoms with Crippen molar-refractivity contribution in [3.05, 3.63) is 48.0 Å². The molecule has 1 aliphatic heterocycles. The highest BCUT2D eigenvalue weighted by atomic mass is 32.2. The van der Waals surface area contributed by atoms with Crippen molar-refractivity contribution in [3.8, 4) is 0 Å². The number of rotatable bonds is 6. The van der Waals surface area contributed by atoms with E-state index in [-0.39, 0.29) is 11.9 Å². The summed E-state index contributed by atoms with van der Waals surface area (Å²) in [5.41, 5.74) is 0.667. The molecule has 0 bridgehead atoms. The molecule has 24 heavy (non-hydrogen) atoms. The van der Waals surface area contributed by atoms with Gasteiger partial charge in [-0.1, -0.05) is 6.92 Å². The van der Waals surface area contributed by atoms with Crippen LogP contribution < -0.4 is 0 Å². The smallest absolute Gasteiger partial charge is 0.254 e. The summed E-state index contributed by atoms with van der Waals surface area (Å²) in [7, 11) is 0. The molecule has 0 aliphatic carbocycles. The largest absolute Gasteiger partial charge is 0.467 e. The van der Waals surface area contributed by atoms with Gasteiger partial charge in [0.25, 0.3) is 5.91 Å². The Morgan fingerprint density at radius 3 is 3.17 bits per heavy atom. The van der Waals surface area contributed by atoms with Crippen LogP contribution in [0, 0.1) is 0 Å². The summed E-state index contributed by atoms with van der Waals surface area (Å²) in [6, 6.07) is 7.19. The number of carbonyl (C=O) groups is 1. The van der Waals surface area contributed by atoms with Gasteiger partial charge in [0, 0.05) is 30.8 Å². The van der Waals surface area contributed by atoms with Crippen LogP contribution in [0.5, 0.6) is 0 Å². The lowest BCUT2D eigenvalue weighted by molar-refractivity contribution is 0.0641. The van der Waals surface area contributed by atoms with E-state index in [1.807, 2.05) is 11.0 Å². The Hall–Kier alpha value is -1.79. The molecule has 0 saturated carbocycles. The number of aliphatic hydroxyl groups excluding tert-OH is 1. The van der Waals surface area contributed by atoms with Gasteiger partial charge in [-0.15, -0.1) is 11.8 Å². The average Bonchev–Trinajstić information content (AvgIpc) is 3.26. The van der Waals surface area contributed by atoms with E-state index in [0.29, 0.717) is 17.7 Å². The third-order valence-electron chi connectivity index (χ3n) is 4.28. The van der Waals surface area contributed by atoms with Crippen molar-refractivity contribution < 1.29 is 14.3 Å². The van der Waals surface area contributed by atoms with Crippen molar-refractivity contribution in [1.29, 1.82) is 0 Å². The van der Waals surface area contributed by atoms with Gasteiger partial charge in [-0.2, -0.15) is 0 Å². The van der Waals surface area contributed by atoms with Gasteiger partial charge < -0.3 is 14.4 Å². The number of hydrogen-bond acceptors (Lipinski definition) is 5. The van der Waals surface area contributed by atoms with Crippen LogP contribution in [-0.2, 0) is 0 Å². The number of likely N-dealkylation sites (tertiary alicyclic amines) is 1. The molecule has 2 aromatic rings. The third kappa shape index (κ3) is 3.82. The summed E-state index contributed by atoms with van der Waals surface area (Å²) in [4.78, 5) is 19.0. The van der Waals surface area contributed by atoms with Gasteiger partial charge in [-0.25, -0.2) is 4.98 Å². The minimum Gasteiger partial charge on any atom is -0.467 e. The first-order valence-electron chi connectivity index (χ1n) is 8.30. The number of furan rings is 1. The minimum atomic E-state index is -0.679. The zero-order chi connectivity index (χ0) is 16.9. The standard InChI is InChI=1S/C18H22N2O3S/c1-2-24-17-11-13(7-8-19-17)18(22)20-9-3-5-14(20)12-15(21)16-6-4-10-23-16/h4,6-8,10-11,14-15,21H,2-3,5,9,12H2,1H3. The van der Waals surface area contributed by atoms with E-state index in [1.54, 1.807) is 42.4 Å². The Morgan fingerprint density at radius 1 is 1.54 bits per heavy atom. The molecule has 1 N–H and O–H groups in total. The SMILES string of the molecule is CCSc1cc(C(=O)N2CCCC2CC(O)c2ccco2)ccn1. The summed E-state index contributed by atoms with van der Waals surface area (Å²) in [5, 5.41) is 11.2. The van der Waals surface area contributed by atoms with Crippen LogP contribution in [0.25, 0.3) is 0 Å². The maximum absolute atomic E-state index is 12.9. The minimum absolute atomic E-state index is 0.0181. The highest BCUT2D eigenvalue weighted by Gasteiger charge is 2.32. The topological polar surface area (TPSA) is 66.6 Å². The number of carbonyl (C=O) groups excluding carboxylic acids is 1. The van der Waals surface area contributed by atoms with Gasteiger partial charge in [0.1, 0.15) is 11.9 Å². The number of aromatic nitrogens is 1. The normalized spacial score (nSPS) is 18.8. The summed E-state index contributed by atoms with van der Waals surface area (Å²) in [6.45, 7) is 2.79. The van der Waals surface area contributed by atoms with E-state index in [0.717, 1.165) is 30.2 Å². The molecule has 0 radical (unpaired) electrons. The lowest BCUT2D eigenvalue weighted by Crippen LogP contribution is -2.36. The predicted octanol–water partition coefficient (Wildman–Crippen LogP) is 3.51. The van der Waals surface area contributed by atoms with Crippen LogP contribution in [0.2, 0.25) is 0 Å². The molecule has 0 spiro atoms. The van der Waals surface area contributed by atoms with Crippen LogP contribution in [-0.4, -0.2) is 39.2 Å². The second kappa shape index (κ2) is 7.85. The highest BCUT2D eigenvalue weighted by molar-refractivity contribution is 7.99. The number of thioether (sulfide) groups is 1. The molecule has 128 valence electrons. The van der Waals surface area contributed by atoms with Gasteiger partial charge >= 0.3 is 0 Å². The first-order valence-corrected chi connectivity index (χ1v) is 9.29. The van der Waals surface area contributed by atoms with E-state index in [1.165, 1.54) is 0 Å². The summed E-state index contributed by atoms with van der Waals surface area (Å²) < 4.78 is 5.26. The average molecular weight is 346 g/mol. The fraction of sp³-hybridized carbons (Fsp3) is 0.444. The summed E-state index contributed by atoms with van der Waals surface area (Å²) >= 11 is 1.62. The van der Waals surface area contributed by atoms with Crippen LogP contribution in [0.4, 0.5) is 0 Å².